The Morgan fingerprint density at radius 2 is 2.20 bits per heavy atom. The summed E-state index contributed by atoms with van der Waals surface area (Å²) in [7, 11) is 2.06. The number of benzene rings is 1. The van der Waals surface area contributed by atoms with Crippen LogP contribution >= 0.6 is 27.3 Å². The van der Waals surface area contributed by atoms with E-state index in [4.69, 9.17) is 5.73 Å². The van der Waals surface area contributed by atoms with Crippen molar-refractivity contribution < 1.29 is 0 Å². The molecule has 0 saturated heterocycles. The molecule has 0 spiro atoms. The number of rotatable bonds is 3. The van der Waals surface area contributed by atoms with Crippen molar-refractivity contribution in [1.82, 2.24) is 4.98 Å². The number of hydrogen-bond acceptors (Lipinski definition) is 4. The summed E-state index contributed by atoms with van der Waals surface area (Å²) in [6.45, 7) is 0.831. The highest BCUT2D eigenvalue weighted by molar-refractivity contribution is 9.11. The molecule has 5 heteroatoms. The first kappa shape index (κ1) is 13.4. The predicted octanol–water partition coefficient (Wildman–Crippen LogP) is 4.28. The van der Waals surface area contributed by atoms with Gasteiger partial charge in [-0.2, -0.15) is 0 Å². The van der Waals surface area contributed by atoms with Gasteiger partial charge >= 0.3 is 0 Å². The second kappa shape index (κ2) is 5.42. The monoisotopic (exact) mass is 347 g/mol. The third-order valence-corrected chi connectivity index (χ3v) is 4.81. The lowest BCUT2D eigenvalue weighted by Crippen LogP contribution is -2.17. The van der Waals surface area contributed by atoms with Gasteiger partial charge in [-0.05, 0) is 57.2 Å². The smallest absolute Gasteiger partial charge is 0.0724 e. The van der Waals surface area contributed by atoms with Crippen molar-refractivity contribution in [2.45, 2.75) is 6.54 Å². The van der Waals surface area contributed by atoms with E-state index in [0.717, 1.165) is 32.6 Å². The number of anilines is 2. The highest BCUT2D eigenvalue weighted by Gasteiger charge is 2.10. The Kier molecular flexibility index (Phi) is 3.63. The van der Waals surface area contributed by atoms with Crippen LogP contribution in [0.1, 0.15) is 5.56 Å². The lowest BCUT2D eigenvalue weighted by atomic mass is 10.1. The van der Waals surface area contributed by atoms with Gasteiger partial charge in [0.05, 0.1) is 20.7 Å². The number of nitrogens with zero attached hydrogens (tertiary/aromatic N) is 2. The highest BCUT2D eigenvalue weighted by Crippen LogP contribution is 2.31. The van der Waals surface area contributed by atoms with Crippen LogP contribution in [0.25, 0.3) is 10.9 Å². The summed E-state index contributed by atoms with van der Waals surface area (Å²) >= 11 is 5.19. The summed E-state index contributed by atoms with van der Waals surface area (Å²) in [6.07, 6.45) is 1.79. The quantitative estimate of drug-likeness (QED) is 0.719. The largest absolute Gasteiger partial charge is 0.396 e. The minimum Gasteiger partial charge on any atom is -0.396 e. The van der Waals surface area contributed by atoms with Crippen molar-refractivity contribution in [2.75, 3.05) is 17.7 Å². The molecular formula is C15H14BrN3S. The summed E-state index contributed by atoms with van der Waals surface area (Å²) in [5, 5.41) is 3.16. The SMILES string of the molecule is CN(Cc1csc(Br)c1)c1ccc2ncccc2c1N. The van der Waals surface area contributed by atoms with Gasteiger partial charge in [0, 0.05) is 25.2 Å². The second-order valence-corrected chi connectivity index (χ2v) is 6.97. The summed E-state index contributed by atoms with van der Waals surface area (Å²) in [5.41, 5.74) is 10.3. The third-order valence-electron chi connectivity index (χ3n) is 3.26. The number of thiophene rings is 1. The van der Waals surface area contributed by atoms with Crippen molar-refractivity contribution in [3.05, 3.63) is 51.3 Å². The van der Waals surface area contributed by atoms with E-state index in [1.807, 2.05) is 24.3 Å². The Morgan fingerprint density at radius 1 is 1.35 bits per heavy atom. The minimum atomic E-state index is 0.785. The van der Waals surface area contributed by atoms with Gasteiger partial charge in [-0.3, -0.25) is 4.98 Å². The van der Waals surface area contributed by atoms with E-state index in [9.17, 15) is 0 Å². The van der Waals surface area contributed by atoms with Gasteiger partial charge in [0.15, 0.2) is 0 Å². The zero-order valence-electron chi connectivity index (χ0n) is 11.0. The molecule has 2 heterocycles. The first-order valence-electron chi connectivity index (χ1n) is 6.22. The molecule has 0 aliphatic carbocycles. The van der Waals surface area contributed by atoms with E-state index in [2.05, 4.69) is 44.3 Å². The second-order valence-electron chi connectivity index (χ2n) is 4.68. The van der Waals surface area contributed by atoms with Crippen LogP contribution in [0.15, 0.2) is 45.7 Å². The Morgan fingerprint density at radius 3 is 2.95 bits per heavy atom. The molecule has 0 unspecified atom stereocenters. The van der Waals surface area contributed by atoms with Crippen LogP contribution in [0.3, 0.4) is 0 Å². The van der Waals surface area contributed by atoms with E-state index in [-0.39, 0.29) is 0 Å². The molecule has 1 aromatic carbocycles. The topological polar surface area (TPSA) is 42.2 Å². The summed E-state index contributed by atoms with van der Waals surface area (Å²) in [4.78, 5) is 6.49. The normalized spacial score (nSPS) is 10.9. The molecule has 0 atom stereocenters. The Labute approximate surface area is 130 Å². The average molecular weight is 348 g/mol. The molecule has 3 aromatic rings. The molecule has 2 aromatic heterocycles. The van der Waals surface area contributed by atoms with Crippen LogP contribution in [-0.2, 0) is 6.54 Å². The number of pyridine rings is 1. The number of fused-ring (bicyclic) bond motifs is 1. The van der Waals surface area contributed by atoms with E-state index < -0.39 is 0 Å². The van der Waals surface area contributed by atoms with Crippen molar-refractivity contribution in [3.8, 4) is 0 Å². The van der Waals surface area contributed by atoms with E-state index in [1.54, 1.807) is 17.5 Å². The first-order valence-corrected chi connectivity index (χ1v) is 7.89. The summed E-state index contributed by atoms with van der Waals surface area (Å²) in [5.74, 6) is 0. The van der Waals surface area contributed by atoms with E-state index >= 15 is 0 Å². The Balaban J connectivity index is 1.95. The molecule has 0 amide bonds. The highest BCUT2D eigenvalue weighted by atomic mass is 79.9. The lowest BCUT2D eigenvalue weighted by molar-refractivity contribution is 0.930. The van der Waals surface area contributed by atoms with Crippen molar-refractivity contribution in [1.29, 1.82) is 0 Å². The Hall–Kier alpha value is -1.59. The number of nitrogen functional groups attached to an aromatic ring is 1. The molecule has 0 saturated carbocycles. The fourth-order valence-electron chi connectivity index (χ4n) is 2.28. The van der Waals surface area contributed by atoms with E-state index in [1.165, 1.54) is 5.56 Å². The number of halogens is 1. The summed E-state index contributed by atoms with van der Waals surface area (Å²) < 4.78 is 1.15. The molecular weight excluding hydrogens is 334 g/mol. The van der Waals surface area contributed by atoms with Crippen LogP contribution in [0.5, 0.6) is 0 Å². The number of aromatic nitrogens is 1. The Bertz CT molecular complexity index is 754. The van der Waals surface area contributed by atoms with Gasteiger partial charge in [0.1, 0.15) is 0 Å². The van der Waals surface area contributed by atoms with Gasteiger partial charge in [0.2, 0.25) is 0 Å². The third kappa shape index (κ3) is 2.51. The standard InChI is InChI=1S/C15H14BrN3S/c1-19(8-10-7-14(16)20-9-10)13-5-4-12-11(15(13)17)3-2-6-18-12/h2-7,9H,8,17H2,1H3. The van der Waals surface area contributed by atoms with Crippen molar-refractivity contribution in [2.24, 2.45) is 0 Å². The van der Waals surface area contributed by atoms with Crippen LogP contribution in [0, 0.1) is 0 Å². The first-order chi connectivity index (χ1) is 9.65. The molecule has 0 aliphatic rings. The molecule has 20 heavy (non-hydrogen) atoms. The maximum atomic E-state index is 6.29. The fraction of sp³-hybridized carbons (Fsp3) is 0.133. The zero-order valence-corrected chi connectivity index (χ0v) is 13.4. The minimum absolute atomic E-state index is 0.785. The fourth-order valence-corrected chi connectivity index (χ4v) is 3.48. The van der Waals surface area contributed by atoms with Crippen molar-refractivity contribution >= 4 is 49.5 Å². The van der Waals surface area contributed by atoms with Gasteiger partial charge in [0.25, 0.3) is 0 Å². The van der Waals surface area contributed by atoms with Crippen LogP contribution in [-0.4, -0.2) is 12.0 Å². The van der Waals surface area contributed by atoms with Crippen LogP contribution in [0.2, 0.25) is 0 Å². The van der Waals surface area contributed by atoms with Gasteiger partial charge in [-0.15, -0.1) is 11.3 Å². The molecule has 3 nitrogen and oxygen atoms in total. The molecule has 3 rings (SSSR count). The zero-order chi connectivity index (χ0) is 14.1. The molecule has 102 valence electrons. The molecule has 0 fully saturated rings. The maximum Gasteiger partial charge on any atom is 0.0724 e. The maximum absolute atomic E-state index is 6.29. The molecule has 0 radical (unpaired) electrons. The predicted molar refractivity (Wildman–Crippen MR) is 90.3 cm³/mol. The van der Waals surface area contributed by atoms with Crippen LogP contribution < -0.4 is 10.6 Å². The van der Waals surface area contributed by atoms with Crippen LogP contribution in [0.4, 0.5) is 11.4 Å². The number of nitrogens with two attached hydrogens (primary N) is 1. The van der Waals surface area contributed by atoms with Crippen molar-refractivity contribution in [3.63, 3.8) is 0 Å². The molecule has 0 aliphatic heterocycles. The summed E-state index contributed by atoms with van der Waals surface area (Å²) in [6, 6.07) is 10.1. The van der Waals surface area contributed by atoms with Gasteiger partial charge < -0.3 is 10.6 Å². The average Bonchev–Trinajstić information content (AvgIpc) is 2.84. The lowest BCUT2D eigenvalue weighted by Gasteiger charge is -2.21. The molecule has 0 bridgehead atoms. The number of hydrogen-bond donors (Lipinski definition) is 1. The van der Waals surface area contributed by atoms with E-state index in [0.29, 0.717) is 0 Å². The molecule has 2 N–H and O–H groups in total. The van der Waals surface area contributed by atoms with Gasteiger partial charge in [-0.25, -0.2) is 0 Å². The van der Waals surface area contributed by atoms with Gasteiger partial charge in [-0.1, -0.05) is 0 Å².